The Labute approximate surface area is 106 Å². The van der Waals surface area contributed by atoms with Gasteiger partial charge in [0.2, 0.25) is 0 Å². The van der Waals surface area contributed by atoms with Crippen LogP contribution in [-0.2, 0) is 4.79 Å². The molecule has 1 atom stereocenters. The predicted molar refractivity (Wildman–Crippen MR) is 73.6 cm³/mol. The molecule has 0 aliphatic heterocycles. The molecule has 0 amide bonds. The first-order chi connectivity index (χ1) is 7.80. The number of rotatable bonds is 3. The highest BCUT2D eigenvalue weighted by Gasteiger charge is 2.28. The summed E-state index contributed by atoms with van der Waals surface area (Å²) >= 11 is 0. The summed E-state index contributed by atoms with van der Waals surface area (Å²) in [4.78, 5) is 16.6. The number of carbonyl (C=O) groups is 1. The maximum Gasteiger partial charge on any atom is 0.136 e. The first-order valence-corrected chi connectivity index (χ1v) is 6.90. The summed E-state index contributed by atoms with van der Waals surface area (Å²) in [6.45, 7) is 10.8. The topological polar surface area (TPSA) is 29.4 Å². The SMILES string of the molecule is CC(C)N=C(CC1CCCCC1=O)C(C)(C)C. The van der Waals surface area contributed by atoms with Crippen LogP contribution in [0.5, 0.6) is 0 Å². The summed E-state index contributed by atoms with van der Waals surface area (Å²) in [7, 11) is 0. The zero-order valence-electron chi connectivity index (χ0n) is 12.0. The molecule has 1 aliphatic rings. The van der Waals surface area contributed by atoms with Gasteiger partial charge in [0.25, 0.3) is 0 Å². The van der Waals surface area contributed by atoms with Crippen LogP contribution in [0.3, 0.4) is 0 Å². The van der Waals surface area contributed by atoms with E-state index in [1.165, 1.54) is 12.1 Å². The molecule has 0 N–H and O–H groups in total. The van der Waals surface area contributed by atoms with Crippen LogP contribution in [0, 0.1) is 11.3 Å². The van der Waals surface area contributed by atoms with Crippen molar-refractivity contribution < 1.29 is 4.79 Å². The van der Waals surface area contributed by atoms with Gasteiger partial charge < -0.3 is 0 Å². The standard InChI is InChI=1S/C15H27NO/c1-11(2)16-14(15(3,4)5)10-12-8-6-7-9-13(12)17/h11-12H,6-10H2,1-5H3. The second-order valence-electron chi connectivity index (χ2n) is 6.53. The molecule has 1 unspecified atom stereocenters. The van der Waals surface area contributed by atoms with Gasteiger partial charge in [0, 0.05) is 24.1 Å². The Morgan fingerprint density at radius 3 is 2.47 bits per heavy atom. The Hall–Kier alpha value is -0.660. The van der Waals surface area contributed by atoms with E-state index in [1.807, 2.05) is 0 Å². The van der Waals surface area contributed by atoms with Gasteiger partial charge in [0.1, 0.15) is 5.78 Å². The molecule has 0 heterocycles. The van der Waals surface area contributed by atoms with Crippen LogP contribution in [0.15, 0.2) is 4.99 Å². The van der Waals surface area contributed by atoms with Crippen molar-refractivity contribution in [3.63, 3.8) is 0 Å². The number of hydrogen-bond donors (Lipinski definition) is 0. The molecular weight excluding hydrogens is 210 g/mol. The van der Waals surface area contributed by atoms with E-state index in [-0.39, 0.29) is 11.3 Å². The van der Waals surface area contributed by atoms with Crippen LogP contribution < -0.4 is 0 Å². The number of Topliss-reactive ketones (excluding diaryl/α,β-unsaturated/α-hetero) is 1. The highest BCUT2D eigenvalue weighted by atomic mass is 16.1. The molecule has 17 heavy (non-hydrogen) atoms. The lowest BCUT2D eigenvalue weighted by atomic mass is 9.78. The van der Waals surface area contributed by atoms with Gasteiger partial charge in [-0.2, -0.15) is 0 Å². The summed E-state index contributed by atoms with van der Waals surface area (Å²) in [5, 5.41) is 0. The molecule has 0 saturated heterocycles. The minimum atomic E-state index is 0.0853. The minimum Gasteiger partial charge on any atom is -0.299 e. The highest BCUT2D eigenvalue weighted by Crippen LogP contribution is 2.29. The van der Waals surface area contributed by atoms with Gasteiger partial charge >= 0.3 is 0 Å². The molecule has 1 aliphatic carbocycles. The number of hydrogen-bond acceptors (Lipinski definition) is 2. The van der Waals surface area contributed by atoms with E-state index in [2.05, 4.69) is 34.6 Å². The second-order valence-corrected chi connectivity index (χ2v) is 6.53. The number of ketones is 1. The lowest BCUT2D eigenvalue weighted by Crippen LogP contribution is -2.29. The van der Waals surface area contributed by atoms with Gasteiger partial charge in [-0.25, -0.2) is 0 Å². The summed E-state index contributed by atoms with van der Waals surface area (Å²) in [6, 6.07) is 0.322. The van der Waals surface area contributed by atoms with Crippen LogP contribution in [0.25, 0.3) is 0 Å². The molecule has 1 fully saturated rings. The largest absolute Gasteiger partial charge is 0.299 e. The van der Waals surface area contributed by atoms with Crippen molar-refractivity contribution in [2.75, 3.05) is 0 Å². The Balaban J connectivity index is 2.76. The third-order valence-electron chi connectivity index (χ3n) is 3.40. The molecular formula is C15H27NO. The first kappa shape index (κ1) is 14.4. The third kappa shape index (κ3) is 4.61. The number of nitrogens with zero attached hydrogens (tertiary/aromatic N) is 1. The van der Waals surface area contributed by atoms with E-state index < -0.39 is 0 Å². The summed E-state index contributed by atoms with van der Waals surface area (Å²) in [5.74, 6) is 0.692. The van der Waals surface area contributed by atoms with Crippen molar-refractivity contribution in [3.8, 4) is 0 Å². The minimum absolute atomic E-state index is 0.0853. The van der Waals surface area contributed by atoms with Crippen molar-refractivity contribution in [1.82, 2.24) is 0 Å². The van der Waals surface area contributed by atoms with Crippen molar-refractivity contribution >= 4 is 11.5 Å². The first-order valence-electron chi connectivity index (χ1n) is 6.90. The molecule has 2 nitrogen and oxygen atoms in total. The fourth-order valence-corrected chi connectivity index (χ4v) is 2.37. The normalized spacial score (nSPS) is 23.3. The summed E-state index contributed by atoms with van der Waals surface area (Å²) in [5.41, 5.74) is 1.30. The molecule has 1 saturated carbocycles. The maximum absolute atomic E-state index is 11.9. The Morgan fingerprint density at radius 2 is 2.00 bits per heavy atom. The Morgan fingerprint density at radius 1 is 1.35 bits per heavy atom. The van der Waals surface area contributed by atoms with Crippen LogP contribution in [0.4, 0.5) is 0 Å². The molecule has 0 aromatic carbocycles. The lowest BCUT2D eigenvalue weighted by molar-refractivity contribution is -0.124. The Kier molecular flexibility index (Phi) is 4.91. The van der Waals surface area contributed by atoms with Gasteiger partial charge in [-0.1, -0.05) is 27.2 Å². The van der Waals surface area contributed by atoms with E-state index in [0.29, 0.717) is 11.8 Å². The predicted octanol–water partition coefficient (Wildman–Crippen LogP) is 4.03. The molecule has 0 aromatic heterocycles. The average molecular weight is 237 g/mol. The van der Waals surface area contributed by atoms with Gasteiger partial charge in [0.05, 0.1) is 0 Å². The highest BCUT2D eigenvalue weighted by molar-refractivity contribution is 5.94. The monoisotopic (exact) mass is 237 g/mol. The molecule has 0 bridgehead atoms. The van der Waals surface area contributed by atoms with E-state index in [0.717, 1.165) is 25.7 Å². The maximum atomic E-state index is 11.9. The van der Waals surface area contributed by atoms with Crippen molar-refractivity contribution in [2.45, 2.75) is 72.8 Å². The van der Waals surface area contributed by atoms with Crippen molar-refractivity contribution in [1.29, 1.82) is 0 Å². The average Bonchev–Trinajstić information content (AvgIpc) is 2.18. The molecule has 1 rings (SSSR count). The summed E-state index contributed by atoms with van der Waals surface area (Å²) < 4.78 is 0. The fourth-order valence-electron chi connectivity index (χ4n) is 2.37. The van der Waals surface area contributed by atoms with E-state index in [4.69, 9.17) is 4.99 Å². The lowest BCUT2D eigenvalue weighted by Gasteiger charge is -2.28. The smallest absolute Gasteiger partial charge is 0.136 e. The fraction of sp³-hybridized carbons (Fsp3) is 0.867. The van der Waals surface area contributed by atoms with Crippen molar-refractivity contribution in [3.05, 3.63) is 0 Å². The second kappa shape index (κ2) is 5.79. The molecule has 0 radical (unpaired) electrons. The zero-order chi connectivity index (χ0) is 13.1. The van der Waals surface area contributed by atoms with Crippen LogP contribution in [-0.4, -0.2) is 17.5 Å². The Bertz CT molecular complexity index is 297. The zero-order valence-corrected chi connectivity index (χ0v) is 12.0. The molecule has 2 heteroatoms. The summed E-state index contributed by atoms with van der Waals surface area (Å²) in [6.07, 6.45) is 5.01. The van der Waals surface area contributed by atoms with Gasteiger partial charge in [0.15, 0.2) is 0 Å². The quantitative estimate of drug-likeness (QED) is 0.681. The van der Waals surface area contributed by atoms with Crippen LogP contribution in [0.2, 0.25) is 0 Å². The van der Waals surface area contributed by atoms with E-state index >= 15 is 0 Å². The number of aliphatic imine (C=N–C) groups is 1. The van der Waals surface area contributed by atoms with Gasteiger partial charge in [-0.05, 0) is 38.5 Å². The number of carbonyl (C=O) groups excluding carboxylic acids is 1. The van der Waals surface area contributed by atoms with Gasteiger partial charge in [-0.3, -0.25) is 9.79 Å². The van der Waals surface area contributed by atoms with Gasteiger partial charge in [-0.15, -0.1) is 0 Å². The van der Waals surface area contributed by atoms with Crippen molar-refractivity contribution in [2.24, 2.45) is 16.3 Å². The molecule has 0 spiro atoms. The third-order valence-corrected chi connectivity index (χ3v) is 3.40. The molecule has 0 aromatic rings. The molecule has 98 valence electrons. The van der Waals surface area contributed by atoms with E-state index in [9.17, 15) is 4.79 Å². The van der Waals surface area contributed by atoms with E-state index in [1.54, 1.807) is 0 Å². The van der Waals surface area contributed by atoms with Crippen LogP contribution >= 0.6 is 0 Å². The van der Waals surface area contributed by atoms with Crippen LogP contribution in [0.1, 0.15) is 66.7 Å².